The number of aliphatic hydroxyl groups is 1. The van der Waals surface area contributed by atoms with Crippen LogP contribution >= 0.6 is 8.17 Å². The zero-order chi connectivity index (χ0) is 8.20. The van der Waals surface area contributed by atoms with Crippen LogP contribution in [-0.4, -0.2) is 24.1 Å². The van der Waals surface area contributed by atoms with Crippen molar-refractivity contribution in [2.24, 2.45) is 0 Å². The first-order valence-corrected chi connectivity index (χ1v) is 3.71. The molecular weight excluding hydrogens is 163 g/mol. The van der Waals surface area contributed by atoms with Crippen molar-refractivity contribution in [3.05, 3.63) is 0 Å². The predicted octanol–water partition coefficient (Wildman–Crippen LogP) is -2.61. The first-order chi connectivity index (χ1) is 4.45. The zero-order valence-electron chi connectivity index (χ0n) is 4.85. The molecule has 0 aliphatic carbocycles. The molecule has 0 saturated heterocycles. The van der Waals surface area contributed by atoms with E-state index in [9.17, 15) is 19.5 Å². The lowest BCUT2D eigenvalue weighted by molar-refractivity contribution is -0.366. The Bertz CT molecular complexity index is 117. The summed E-state index contributed by atoms with van der Waals surface area (Å²) in [6.07, 6.45) is 0. The highest BCUT2D eigenvalue weighted by atomic mass is 31.2. The van der Waals surface area contributed by atoms with Gasteiger partial charge in [-0.25, -0.2) is 4.52 Å². The molecule has 0 rings (SSSR count). The molecule has 0 bridgehead atoms. The Morgan fingerprint density at radius 1 is 1.60 bits per heavy atom. The number of Topliss-reactive ketones (excluding diaryl/α,β-unsaturated/α-hetero) is 1. The van der Waals surface area contributed by atoms with Gasteiger partial charge in [0.2, 0.25) is 8.17 Å². The van der Waals surface area contributed by atoms with Crippen LogP contribution in [0.1, 0.15) is 0 Å². The Morgan fingerprint density at radius 2 is 2.10 bits per heavy atom. The molecule has 1 radical (unpaired) electrons. The third-order valence-electron chi connectivity index (χ3n) is 0.560. The van der Waals surface area contributed by atoms with Crippen molar-refractivity contribution in [1.82, 2.24) is 0 Å². The summed E-state index contributed by atoms with van der Waals surface area (Å²) in [5, 5.41) is 8.01. The molecule has 0 aromatic rings. The number of carbonyl (C=O) groups excluding carboxylic acids is 1. The zero-order valence-corrected chi connectivity index (χ0v) is 5.74. The summed E-state index contributed by atoms with van der Waals surface area (Å²) < 4.78 is 3.52. The molecule has 0 heterocycles. The minimum absolute atomic E-state index is 0.833. The monoisotopic (exact) mass is 168 g/mol. The van der Waals surface area contributed by atoms with Gasteiger partial charge in [0.05, 0.1) is 0 Å². The van der Waals surface area contributed by atoms with Crippen LogP contribution in [-0.2, 0) is 14.2 Å². The van der Waals surface area contributed by atoms with Crippen LogP contribution in [0.4, 0.5) is 0 Å². The second kappa shape index (κ2) is 3.92. The third kappa shape index (κ3) is 6.03. The lowest BCUT2D eigenvalue weighted by atomic mass is 10.5. The van der Waals surface area contributed by atoms with E-state index < -0.39 is 27.2 Å². The minimum atomic E-state index is -5.06. The minimum Gasteiger partial charge on any atom is -0.632 e. The molecule has 0 fully saturated rings. The van der Waals surface area contributed by atoms with E-state index in [-0.39, 0.29) is 0 Å². The molecule has 0 spiro atoms. The van der Waals surface area contributed by atoms with Crippen molar-refractivity contribution in [3.8, 4) is 0 Å². The summed E-state index contributed by atoms with van der Waals surface area (Å²) in [7, 11) is -5.06. The molecule has 0 saturated carbocycles. The number of rotatable bonds is 4. The van der Waals surface area contributed by atoms with Crippen LogP contribution in [0, 0.1) is 0 Å². The van der Waals surface area contributed by atoms with Gasteiger partial charge in [-0.05, 0) is 4.89 Å². The van der Waals surface area contributed by atoms with Gasteiger partial charge in [-0.1, -0.05) is 0 Å². The van der Waals surface area contributed by atoms with E-state index in [0.29, 0.717) is 0 Å². The summed E-state index contributed by atoms with van der Waals surface area (Å²) in [5.74, 6) is -0.855. The van der Waals surface area contributed by atoms with Gasteiger partial charge in [0.25, 0.3) is 0 Å². The molecule has 1 N–H and O–H groups in total. The molecule has 0 aliphatic heterocycles. The Hall–Kier alpha value is -0.1000. The number of hydrogen-bond acceptors (Lipinski definition) is 5. The Morgan fingerprint density at radius 3 is 2.40 bits per heavy atom. The largest absolute Gasteiger partial charge is 0.632 e. The molecule has 7 heteroatoms. The molecule has 6 nitrogen and oxygen atoms in total. The molecule has 0 aromatic heterocycles. The SMILES string of the molecule is [O][P+]([O-])([O-])OCC(=O)CO. The van der Waals surface area contributed by atoms with Crippen LogP contribution in [0.25, 0.3) is 0 Å². The first kappa shape index (κ1) is 9.90. The summed E-state index contributed by atoms with van der Waals surface area (Å²) in [6, 6.07) is 0. The standard InChI is InChI=1S/C3H6O6P/c4-1-3(5)2-9-10(6,7)8/h4H,1-2H2,(H,6,7)/p-1. The van der Waals surface area contributed by atoms with Crippen molar-refractivity contribution in [2.75, 3.05) is 13.2 Å². The summed E-state index contributed by atoms with van der Waals surface area (Å²) in [6.45, 7) is -1.72. The quantitative estimate of drug-likeness (QED) is 0.462. The van der Waals surface area contributed by atoms with E-state index >= 15 is 0 Å². The fourth-order valence-electron chi connectivity index (χ4n) is 0.197. The summed E-state index contributed by atoms with van der Waals surface area (Å²) >= 11 is 0. The van der Waals surface area contributed by atoms with Crippen LogP contribution < -0.4 is 9.79 Å². The highest BCUT2D eigenvalue weighted by Gasteiger charge is 2.14. The van der Waals surface area contributed by atoms with Crippen molar-refractivity contribution in [2.45, 2.75) is 0 Å². The maximum atomic E-state index is 10.1. The Kier molecular flexibility index (Phi) is 3.88. The van der Waals surface area contributed by atoms with E-state index in [1.165, 1.54) is 0 Å². The van der Waals surface area contributed by atoms with Crippen molar-refractivity contribution >= 4 is 14.0 Å². The summed E-state index contributed by atoms with van der Waals surface area (Å²) in [4.78, 5) is 39.1. The fourth-order valence-corrected chi connectivity index (χ4v) is 0.499. The van der Waals surface area contributed by atoms with Crippen molar-refractivity contribution in [3.63, 3.8) is 0 Å². The van der Waals surface area contributed by atoms with Gasteiger partial charge in [-0.15, -0.1) is 0 Å². The van der Waals surface area contributed by atoms with Gasteiger partial charge in [0, 0.05) is 0 Å². The average molecular weight is 168 g/mol. The van der Waals surface area contributed by atoms with Gasteiger partial charge in [0.1, 0.15) is 6.61 Å². The number of hydrogen-bond donors (Lipinski definition) is 1. The molecule has 59 valence electrons. The average Bonchev–Trinajstić information content (AvgIpc) is 1.81. The molecule has 0 amide bonds. The van der Waals surface area contributed by atoms with Gasteiger partial charge in [-0.3, -0.25) is 4.79 Å². The Labute approximate surface area is 57.4 Å². The molecule has 0 aliphatic rings. The fraction of sp³-hybridized carbons (Fsp3) is 0.667. The van der Waals surface area contributed by atoms with Gasteiger partial charge in [0.15, 0.2) is 12.4 Å². The lowest BCUT2D eigenvalue weighted by Gasteiger charge is -2.20. The molecule has 0 aromatic carbocycles. The smallest absolute Gasteiger partial charge is 0.246 e. The van der Waals surface area contributed by atoms with Crippen molar-refractivity contribution in [1.29, 1.82) is 0 Å². The number of aliphatic hydroxyl groups excluding tert-OH is 1. The van der Waals surface area contributed by atoms with E-state index in [2.05, 4.69) is 4.52 Å². The highest BCUT2D eigenvalue weighted by molar-refractivity contribution is 7.50. The second-order valence-corrected chi connectivity index (χ2v) is 2.57. The molecular formula is C3H5O6P-. The topological polar surface area (TPSA) is 113 Å². The van der Waals surface area contributed by atoms with Crippen LogP contribution in [0.3, 0.4) is 0 Å². The third-order valence-corrected chi connectivity index (χ3v) is 1.01. The van der Waals surface area contributed by atoms with E-state index in [0.717, 1.165) is 0 Å². The van der Waals surface area contributed by atoms with Gasteiger partial charge in [-0.2, -0.15) is 0 Å². The maximum Gasteiger partial charge on any atom is 0.246 e. The predicted molar refractivity (Wildman–Crippen MR) is 25.7 cm³/mol. The summed E-state index contributed by atoms with van der Waals surface area (Å²) in [5.41, 5.74) is 0. The second-order valence-electron chi connectivity index (χ2n) is 1.42. The lowest BCUT2D eigenvalue weighted by Crippen LogP contribution is -2.25. The molecule has 0 atom stereocenters. The van der Waals surface area contributed by atoms with Crippen LogP contribution in [0.2, 0.25) is 0 Å². The maximum absolute atomic E-state index is 10.1. The molecule has 10 heavy (non-hydrogen) atoms. The van der Waals surface area contributed by atoms with E-state index in [4.69, 9.17) is 5.11 Å². The van der Waals surface area contributed by atoms with Crippen molar-refractivity contribution < 1.29 is 29.1 Å². The van der Waals surface area contributed by atoms with E-state index in [1.807, 2.05) is 0 Å². The normalized spacial score (nSPS) is 11.6. The number of ketones is 1. The van der Waals surface area contributed by atoms with Crippen LogP contribution in [0.5, 0.6) is 0 Å². The Balaban J connectivity index is 3.46. The van der Waals surface area contributed by atoms with Crippen LogP contribution in [0.15, 0.2) is 0 Å². The number of carbonyl (C=O) groups is 1. The highest BCUT2D eigenvalue weighted by Crippen LogP contribution is 2.35. The first-order valence-electron chi connectivity index (χ1n) is 2.25. The van der Waals surface area contributed by atoms with Gasteiger partial charge < -0.3 is 14.9 Å². The van der Waals surface area contributed by atoms with E-state index in [1.54, 1.807) is 0 Å². The molecule has 0 unspecified atom stereocenters. The van der Waals surface area contributed by atoms with Gasteiger partial charge >= 0.3 is 0 Å².